The molecule has 3 unspecified atom stereocenters. The molecule has 4 rings (SSSR count). The Hall–Kier alpha value is -3.14. The van der Waals surface area contributed by atoms with E-state index in [0.717, 1.165) is 50.7 Å². The molecule has 0 aromatic heterocycles. The molecule has 0 saturated carbocycles. The van der Waals surface area contributed by atoms with Gasteiger partial charge in [0.2, 0.25) is 25.0 Å². The highest BCUT2D eigenvalue weighted by Crippen LogP contribution is 2.42. The lowest BCUT2D eigenvalue weighted by Gasteiger charge is -2.25. The first kappa shape index (κ1) is 29.4. The topological polar surface area (TPSA) is 117 Å². The predicted octanol–water partition coefficient (Wildman–Crippen LogP) is 3.10. The predicted molar refractivity (Wildman–Crippen MR) is 141 cm³/mol. The van der Waals surface area contributed by atoms with Crippen LogP contribution in [-0.4, -0.2) is 90.1 Å². The van der Waals surface area contributed by atoms with Crippen LogP contribution >= 0.6 is 0 Å². The van der Waals surface area contributed by atoms with Gasteiger partial charge in [0.1, 0.15) is 0 Å². The number of benzene rings is 1. The lowest BCUT2D eigenvalue weighted by Crippen LogP contribution is -2.39. The molecule has 0 bridgehead atoms. The van der Waals surface area contributed by atoms with Gasteiger partial charge in [-0.15, -0.1) is 0 Å². The number of amides is 3. The van der Waals surface area contributed by atoms with E-state index in [0.29, 0.717) is 24.5 Å². The first-order valence-corrected chi connectivity index (χ1v) is 13.7. The molecule has 210 valence electrons. The highest BCUT2D eigenvalue weighted by molar-refractivity contribution is 6.01. The normalized spacial score (nSPS) is 22.4. The van der Waals surface area contributed by atoms with Gasteiger partial charge in [-0.05, 0) is 44.0 Å². The maximum atomic E-state index is 12.1. The summed E-state index contributed by atoms with van der Waals surface area (Å²) >= 11 is 0. The molecule has 2 fully saturated rings. The third-order valence-electron chi connectivity index (χ3n) is 7.56. The Morgan fingerprint density at radius 2 is 1.71 bits per heavy atom. The molecule has 2 saturated heterocycles. The summed E-state index contributed by atoms with van der Waals surface area (Å²) in [6, 6.07) is 5.30. The molecule has 3 atom stereocenters. The highest BCUT2D eigenvalue weighted by Gasteiger charge is 2.45. The molecule has 10 nitrogen and oxygen atoms in total. The van der Waals surface area contributed by atoms with Crippen molar-refractivity contribution < 1.29 is 33.8 Å². The molecule has 3 amide bonds. The summed E-state index contributed by atoms with van der Waals surface area (Å²) in [6.45, 7) is 7.17. The van der Waals surface area contributed by atoms with E-state index in [9.17, 15) is 24.3 Å². The molecule has 10 heteroatoms. The summed E-state index contributed by atoms with van der Waals surface area (Å²) in [7, 11) is 1.89. The summed E-state index contributed by atoms with van der Waals surface area (Å²) in [5.41, 5.74) is 0.898. The van der Waals surface area contributed by atoms with Crippen molar-refractivity contribution in [1.82, 2.24) is 14.7 Å². The maximum absolute atomic E-state index is 12.1. The lowest BCUT2D eigenvalue weighted by atomic mass is 9.84. The summed E-state index contributed by atoms with van der Waals surface area (Å²) in [5, 5.41) is 9.89. The number of fused-ring (bicyclic) bond motifs is 1. The van der Waals surface area contributed by atoms with Crippen LogP contribution in [0.1, 0.15) is 70.3 Å². The van der Waals surface area contributed by atoms with Crippen molar-refractivity contribution in [2.45, 2.75) is 70.8 Å². The Labute approximate surface area is 224 Å². The monoisotopic (exact) mass is 531 g/mol. The standard InChI is InChI=1S/C19H22N2O6.C9H19NO/c1-20-9-12(11-2-3-14-15(8-11)27-10-26-14)18(19(24)25)13(20)6-7-21-16(22)4-5-17(21)23;1-3-5-7-10(9-11)8-6-4-2/h2-3,8,12-13,18H,4-7,9-10H2,1H3,(H,24,25);9H,3-8H2,1-2H3. The fraction of sp³-hybridized carbons (Fsp3) is 0.643. The van der Waals surface area contributed by atoms with E-state index in [-0.39, 0.29) is 50.0 Å². The number of nitrogens with zero attached hydrogens (tertiary/aromatic N) is 3. The molecule has 3 aliphatic heterocycles. The molecular formula is C28H41N3O7. The van der Waals surface area contributed by atoms with E-state index in [1.165, 1.54) is 4.90 Å². The fourth-order valence-corrected chi connectivity index (χ4v) is 5.37. The fourth-order valence-electron chi connectivity index (χ4n) is 5.37. The minimum atomic E-state index is -0.869. The minimum absolute atomic E-state index is 0.167. The molecule has 1 aromatic carbocycles. The number of aliphatic carboxylic acids is 1. The molecule has 38 heavy (non-hydrogen) atoms. The van der Waals surface area contributed by atoms with Gasteiger partial charge < -0.3 is 24.4 Å². The van der Waals surface area contributed by atoms with E-state index >= 15 is 0 Å². The Morgan fingerprint density at radius 1 is 1.08 bits per heavy atom. The van der Waals surface area contributed by atoms with Gasteiger partial charge in [0.25, 0.3) is 0 Å². The Balaban J connectivity index is 0.000000310. The molecule has 1 N–H and O–H groups in total. The van der Waals surface area contributed by atoms with Crippen LogP contribution in [-0.2, 0) is 19.2 Å². The van der Waals surface area contributed by atoms with Gasteiger partial charge in [0, 0.05) is 51.0 Å². The average molecular weight is 532 g/mol. The van der Waals surface area contributed by atoms with Gasteiger partial charge in [0.05, 0.1) is 5.92 Å². The minimum Gasteiger partial charge on any atom is -0.481 e. The van der Waals surface area contributed by atoms with Crippen LogP contribution in [0.15, 0.2) is 18.2 Å². The van der Waals surface area contributed by atoms with Gasteiger partial charge in [-0.1, -0.05) is 32.8 Å². The number of likely N-dealkylation sites (N-methyl/N-ethyl adjacent to an activating group) is 1. The number of hydrogen-bond acceptors (Lipinski definition) is 7. The van der Waals surface area contributed by atoms with Crippen molar-refractivity contribution in [3.63, 3.8) is 0 Å². The second kappa shape index (κ2) is 14.1. The van der Waals surface area contributed by atoms with E-state index in [1.807, 2.05) is 35.0 Å². The quantitative estimate of drug-likeness (QED) is 0.323. The van der Waals surface area contributed by atoms with Crippen LogP contribution in [0.2, 0.25) is 0 Å². The number of ether oxygens (including phenoxy) is 2. The van der Waals surface area contributed by atoms with Gasteiger partial charge in [-0.25, -0.2) is 0 Å². The van der Waals surface area contributed by atoms with E-state index in [2.05, 4.69) is 13.8 Å². The summed E-state index contributed by atoms with van der Waals surface area (Å²) in [4.78, 5) is 51.3. The second-order valence-corrected chi connectivity index (χ2v) is 10.2. The van der Waals surface area contributed by atoms with Gasteiger partial charge in [-0.3, -0.25) is 24.1 Å². The van der Waals surface area contributed by atoms with Crippen molar-refractivity contribution in [2.24, 2.45) is 5.92 Å². The molecule has 0 aliphatic carbocycles. The first-order valence-electron chi connectivity index (χ1n) is 13.7. The van der Waals surface area contributed by atoms with E-state index < -0.39 is 11.9 Å². The van der Waals surface area contributed by atoms with Crippen LogP contribution in [0, 0.1) is 5.92 Å². The zero-order valence-corrected chi connectivity index (χ0v) is 22.8. The number of carbonyl (C=O) groups excluding carboxylic acids is 3. The number of carboxylic acid groups (broad SMARTS) is 1. The smallest absolute Gasteiger partial charge is 0.308 e. The number of hydrogen-bond donors (Lipinski definition) is 1. The van der Waals surface area contributed by atoms with Crippen molar-refractivity contribution in [3.8, 4) is 11.5 Å². The molecular weight excluding hydrogens is 490 g/mol. The van der Waals surface area contributed by atoms with Crippen molar-refractivity contribution in [1.29, 1.82) is 0 Å². The molecule has 1 aromatic rings. The number of imide groups is 1. The molecule has 3 aliphatic rings. The second-order valence-electron chi connectivity index (χ2n) is 10.2. The van der Waals surface area contributed by atoms with Crippen LogP contribution < -0.4 is 9.47 Å². The van der Waals surface area contributed by atoms with Crippen LogP contribution in [0.3, 0.4) is 0 Å². The van der Waals surface area contributed by atoms with Crippen LogP contribution in [0.25, 0.3) is 0 Å². The number of rotatable bonds is 12. The van der Waals surface area contributed by atoms with Gasteiger partial charge >= 0.3 is 5.97 Å². The lowest BCUT2D eigenvalue weighted by molar-refractivity contribution is -0.143. The average Bonchev–Trinajstić information content (AvgIpc) is 3.60. The number of carbonyl (C=O) groups is 4. The van der Waals surface area contributed by atoms with Crippen molar-refractivity contribution >= 4 is 24.2 Å². The Kier molecular flexibility index (Phi) is 10.9. The summed E-state index contributed by atoms with van der Waals surface area (Å²) < 4.78 is 10.8. The van der Waals surface area contributed by atoms with E-state index in [1.54, 1.807) is 0 Å². The van der Waals surface area contributed by atoms with Gasteiger partial charge in [0.15, 0.2) is 11.5 Å². The summed E-state index contributed by atoms with van der Waals surface area (Å²) in [6.07, 6.45) is 6.50. The zero-order valence-electron chi connectivity index (χ0n) is 22.8. The third-order valence-corrected chi connectivity index (χ3v) is 7.56. The number of unbranched alkanes of at least 4 members (excludes halogenated alkanes) is 2. The van der Waals surface area contributed by atoms with Crippen LogP contribution in [0.4, 0.5) is 0 Å². The van der Waals surface area contributed by atoms with Crippen molar-refractivity contribution in [2.75, 3.05) is 40.0 Å². The number of likely N-dealkylation sites (tertiary alicyclic amines) is 2. The van der Waals surface area contributed by atoms with Crippen molar-refractivity contribution in [3.05, 3.63) is 23.8 Å². The molecule has 0 radical (unpaired) electrons. The molecule has 0 spiro atoms. The van der Waals surface area contributed by atoms with Crippen LogP contribution in [0.5, 0.6) is 11.5 Å². The highest BCUT2D eigenvalue weighted by atomic mass is 16.7. The zero-order chi connectivity index (χ0) is 27.7. The Morgan fingerprint density at radius 3 is 2.29 bits per heavy atom. The first-order chi connectivity index (χ1) is 18.3. The third kappa shape index (κ3) is 7.24. The summed E-state index contributed by atoms with van der Waals surface area (Å²) in [5.74, 6) is -0.721. The maximum Gasteiger partial charge on any atom is 0.308 e. The number of carboxylic acids is 1. The molecule has 3 heterocycles. The largest absolute Gasteiger partial charge is 0.481 e. The van der Waals surface area contributed by atoms with E-state index in [4.69, 9.17) is 9.47 Å². The SMILES string of the molecule is CCCCN(C=O)CCCC.CN1CC(c2ccc3c(c2)OCO3)C(C(=O)O)C1CCN1C(=O)CCC1=O. The van der Waals surface area contributed by atoms with Gasteiger partial charge in [-0.2, -0.15) is 0 Å². The Bertz CT molecular complexity index is 961.